The number of carbonyl (C=O) groups is 2. The van der Waals surface area contributed by atoms with Crippen molar-refractivity contribution < 1.29 is 19.1 Å². The summed E-state index contributed by atoms with van der Waals surface area (Å²) in [6.07, 6.45) is 6.42. The predicted octanol–water partition coefficient (Wildman–Crippen LogP) is 3.12. The Hall–Kier alpha value is -2.18. The van der Waals surface area contributed by atoms with Gasteiger partial charge < -0.3 is 14.4 Å². The van der Waals surface area contributed by atoms with Gasteiger partial charge in [0.25, 0.3) is 0 Å². The highest BCUT2D eigenvalue weighted by atomic mass is 35.5. The van der Waals surface area contributed by atoms with Crippen LogP contribution in [0.5, 0.6) is 0 Å². The third-order valence-corrected chi connectivity index (χ3v) is 3.68. The monoisotopic (exact) mass is 351 g/mol. The van der Waals surface area contributed by atoms with Crippen LogP contribution in [-0.4, -0.2) is 26.2 Å². The summed E-state index contributed by atoms with van der Waals surface area (Å²) < 4.78 is 9.57. The molecule has 7 heteroatoms. The highest BCUT2D eigenvalue weighted by Gasteiger charge is 2.28. The Bertz CT molecular complexity index is 740. The topological polar surface area (TPSA) is 55.8 Å². The summed E-state index contributed by atoms with van der Waals surface area (Å²) in [4.78, 5) is 26.3. The predicted molar refractivity (Wildman–Crippen MR) is 90.5 cm³/mol. The average molecular weight is 352 g/mol. The molecule has 2 rings (SSSR count). The molecule has 0 fully saturated rings. The normalized spacial score (nSPS) is 13.8. The Labute approximate surface area is 144 Å². The molecule has 0 saturated carbocycles. The molecule has 0 N–H and O–H groups in total. The summed E-state index contributed by atoms with van der Waals surface area (Å²) >= 11 is 10.3. The van der Waals surface area contributed by atoms with Gasteiger partial charge in [-0.05, 0) is 30.4 Å². The molecule has 0 saturated heterocycles. The zero-order valence-corrected chi connectivity index (χ0v) is 14.1. The molecule has 0 unspecified atom stereocenters. The number of nitrogens with zero attached hydrogens (tertiary/aromatic N) is 1. The molecule has 0 atom stereocenters. The van der Waals surface area contributed by atoms with Crippen molar-refractivity contribution in [1.29, 1.82) is 0 Å². The van der Waals surface area contributed by atoms with Crippen molar-refractivity contribution in [2.45, 2.75) is 4.90 Å². The molecule has 5 nitrogen and oxygen atoms in total. The van der Waals surface area contributed by atoms with Crippen molar-refractivity contribution in [3.8, 4) is 0 Å². The van der Waals surface area contributed by atoms with Crippen LogP contribution in [-0.2, 0) is 19.1 Å². The van der Waals surface area contributed by atoms with E-state index in [1.165, 1.54) is 25.2 Å². The number of thiol groups is 1. The van der Waals surface area contributed by atoms with Gasteiger partial charge in [0.2, 0.25) is 0 Å². The number of hydrogen-bond acceptors (Lipinski definition) is 6. The molecule has 1 aliphatic heterocycles. The molecular weight excluding hydrogens is 338 g/mol. The van der Waals surface area contributed by atoms with Crippen molar-refractivity contribution in [1.82, 2.24) is 0 Å². The summed E-state index contributed by atoms with van der Waals surface area (Å²) in [6.45, 7) is 0. The summed E-state index contributed by atoms with van der Waals surface area (Å²) in [5.41, 5.74) is 0.675. The molecule has 1 aromatic carbocycles. The Balaban J connectivity index is 2.68. The average Bonchev–Trinajstić information content (AvgIpc) is 2.76. The SMILES string of the molecule is COC(=O)C1=C(C(=O)OC)N(c2ccc(Cl)cc2S)C=CC=C1. The highest BCUT2D eigenvalue weighted by Crippen LogP contribution is 2.32. The van der Waals surface area contributed by atoms with E-state index in [0.717, 1.165) is 0 Å². The maximum Gasteiger partial charge on any atom is 0.355 e. The number of anilines is 1. The largest absolute Gasteiger partial charge is 0.465 e. The van der Waals surface area contributed by atoms with E-state index in [1.54, 1.807) is 36.6 Å². The van der Waals surface area contributed by atoms with E-state index in [-0.39, 0.29) is 11.3 Å². The lowest BCUT2D eigenvalue weighted by atomic mass is 10.1. The number of halogens is 1. The Morgan fingerprint density at radius 2 is 1.83 bits per heavy atom. The van der Waals surface area contributed by atoms with Crippen molar-refractivity contribution in [3.63, 3.8) is 0 Å². The van der Waals surface area contributed by atoms with Gasteiger partial charge in [0.15, 0.2) is 0 Å². The summed E-state index contributed by atoms with van der Waals surface area (Å²) in [6, 6.07) is 4.99. The quantitative estimate of drug-likeness (QED) is 0.670. The Morgan fingerprint density at radius 1 is 1.13 bits per heavy atom. The molecule has 1 heterocycles. The standard InChI is InChI=1S/C16H14ClNO4S/c1-21-15(19)11-5-3-4-8-18(14(11)16(20)22-2)12-7-6-10(17)9-13(12)23/h3-9,23H,1-2H3. The van der Waals surface area contributed by atoms with E-state index in [0.29, 0.717) is 15.6 Å². The van der Waals surface area contributed by atoms with E-state index < -0.39 is 11.9 Å². The number of allylic oxidation sites excluding steroid dienone is 2. The minimum absolute atomic E-state index is 0.0296. The summed E-state index contributed by atoms with van der Waals surface area (Å²) in [5, 5.41) is 0.507. The second-order valence-corrected chi connectivity index (χ2v) is 5.37. The van der Waals surface area contributed by atoms with Gasteiger partial charge in [0.1, 0.15) is 5.70 Å². The summed E-state index contributed by atoms with van der Waals surface area (Å²) in [5.74, 6) is -1.32. The number of ether oxygens (including phenoxy) is 2. The lowest BCUT2D eigenvalue weighted by Crippen LogP contribution is -2.27. The molecule has 0 aliphatic carbocycles. The first kappa shape index (κ1) is 17.2. The van der Waals surface area contributed by atoms with Crippen molar-refractivity contribution >= 4 is 41.9 Å². The third-order valence-electron chi connectivity index (χ3n) is 3.09. The van der Waals surface area contributed by atoms with Crippen LogP contribution in [0.25, 0.3) is 0 Å². The van der Waals surface area contributed by atoms with Gasteiger partial charge in [0.05, 0.1) is 25.5 Å². The highest BCUT2D eigenvalue weighted by molar-refractivity contribution is 7.80. The fourth-order valence-electron chi connectivity index (χ4n) is 2.05. The van der Waals surface area contributed by atoms with Crippen LogP contribution in [0, 0.1) is 0 Å². The lowest BCUT2D eigenvalue weighted by Gasteiger charge is -2.24. The van der Waals surface area contributed by atoms with Crippen LogP contribution in [0.4, 0.5) is 5.69 Å². The zero-order valence-electron chi connectivity index (χ0n) is 12.4. The van der Waals surface area contributed by atoms with Crippen molar-refractivity contribution in [2.24, 2.45) is 0 Å². The number of methoxy groups -OCH3 is 2. The van der Waals surface area contributed by atoms with E-state index in [4.69, 9.17) is 21.1 Å². The van der Waals surface area contributed by atoms with Crippen LogP contribution in [0.3, 0.4) is 0 Å². The fraction of sp³-hybridized carbons (Fsp3) is 0.125. The number of rotatable bonds is 3. The number of hydrogen-bond donors (Lipinski definition) is 1. The van der Waals surface area contributed by atoms with Crippen LogP contribution < -0.4 is 4.90 Å². The van der Waals surface area contributed by atoms with Gasteiger partial charge >= 0.3 is 11.9 Å². The Morgan fingerprint density at radius 3 is 2.43 bits per heavy atom. The third kappa shape index (κ3) is 3.60. The fourth-order valence-corrected chi connectivity index (χ4v) is 2.62. The molecule has 0 bridgehead atoms. The van der Waals surface area contributed by atoms with Gasteiger partial charge in [-0.2, -0.15) is 0 Å². The molecule has 120 valence electrons. The van der Waals surface area contributed by atoms with E-state index in [9.17, 15) is 9.59 Å². The van der Waals surface area contributed by atoms with Gasteiger partial charge in [-0.1, -0.05) is 17.7 Å². The Kier molecular flexibility index (Phi) is 5.52. The molecule has 0 radical (unpaired) electrons. The molecular formula is C16H14ClNO4S. The van der Waals surface area contributed by atoms with Crippen LogP contribution in [0.15, 0.2) is 58.8 Å². The van der Waals surface area contributed by atoms with Crippen LogP contribution in [0.2, 0.25) is 5.02 Å². The van der Waals surface area contributed by atoms with Crippen molar-refractivity contribution in [3.05, 3.63) is 58.9 Å². The molecule has 0 aromatic heterocycles. The first-order valence-corrected chi connectivity index (χ1v) is 7.35. The number of benzene rings is 1. The first-order chi connectivity index (χ1) is 11.0. The van der Waals surface area contributed by atoms with Crippen LogP contribution >= 0.6 is 24.2 Å². The molecule has 0 spiro atoms. The van der Waals surface area contributed by atoms with Gasteiger partial charge in [-0.3, -0.25) is 0 Å². The van der Waals surface area contributed by atoms with Crippen LogP contribution in [0.1, 0.15) is 0 Å². The maximum absolute atomic E-state index is 12.3. The molecule has 23 heavy (non-hydrogen) atoms. The minimum Gasteiger partial charge on any atom is -0.465 e. The van der Waals surface area contributed by atoms with Crippen molar-refractivity contribution in [2.75, 3.05) is 19.1 Å². The second kappa shape index (κ2) is 7.39. The van der Waals surface area contributed by atoms with E-state index in [2.05, 4.69) is 12.6 Å². The van der Waals surface area contributed by atoms with Gasteiger partial charge in [-0.25, -0.2) is 9.59 Å². The first-order valence-electron chi connectivity index (χ1n) is 6.53. The maximum atomic E-state index is 12.3. The summed E-state index contributed by atoms with van der Waals surface area (Å²) in [7, 11) is 2.48. The van der Waals surface area contributed by atoms with E-state index >= 15 is 0 Å². The minimum atomic E-state index is -0.677. The number of carbonyl (C=O) groups excluding carboxylic acids is 2. The second-order valence-electron chi connectivity index (χ2n) is 4.45. The smallest absolute Gasteiger partial charge is 0.355 e. The van der Waals surface area contributed by atoms with Gasteiger partial charge in [0, 0.05) is 16.1 Å². The lowest BCUT2D eigenvalue weighted by molar-refractivity contribution is -0.139. The van der Waals surface area contributed by atoms with Gasteiger partial charge in [-0.15, -0.1) is 12.6 Å². The molecule has 1 aromatic rings. The molecule has 0 amide bonds. The molecule has 1 aliphatic rings. The van der Waals surface area contributed by atoms with E-state index in [1.807, 2.05) is 0 Å². The number of esters is 2. The zero-order chi connectivity index (χ0) is 17.0.